The minimum absolute atomic E-state index is 0.223. The lowest BCUT2D eigenvalue weighted by Gasteiger charge is -2.16. The molecule has 0 unspecified atom stereocenters. The molecule has 300 valence electrons. The fourth-order valence-corrected chi connectivity index (χ4v) is 6.54. The Morgan fingerprint density at radius 1 is 0.772 bits per heavy atom. The molecule has 0 aliphatic heterocycles. The van der Waals surface area contributed by atoms with Gasteiger partial charge in [-0.05, 0) is 72.0 Å². The first-order valence-corrected chi connectivity index (χ1v) is 19.7. The lowest BCUT2D eigenvalue weighted by molar-refractivity contribution is -0.125. The molecular formula is C45H49ClFN3O7. The molecule has 2 heterocycles. The van der Waals surface area contributed by atoms with E-state index >= 15 is 0 Å². The van der Waals surface area contributed by atoms with E-state index in [2.05, 4.69) is 34.6 Å². The normalized spacial score (nSPS) is 11.5. The van der Waals surface area contributed by atoms with Crippen molar-refractivity contribution < 1.29 is 37.3 Å². The van der Waals surface area contributed by atoms with Crippen LogP contribution in [0.5, 0.6) is 0 Å². The number of nitrogens with zero attached hydrogens (tertiary/aromatic N) is 1. The van der Waals surface area contributed by atoms with E-state index in [1.165, 1.54) is 17.0 Å². The number of amides is 1. The lowest BCUT2D eigenvalue weighted by atomic mass is 10.0. The van der Waals surface area contributed by atoms with Gasteiger partial charge in [0.05, 0.1) is 57.5 Å². The van der Waals surface area contributed by atoms with Gasteiger partial charge in [0.25, 0.3) is 11.7 Å². The number of hydrogen-bond acceptors (Lipinski definition) is 8. The zero-order valence-corrected chi connectivity index (χ0v) is 33.0. The number of hydrogen-bond donors (Lipinski definition) is 2. The van der Waals surface area contributed by atoms with Crippen molar-refractivity contribution in [3.8, 4) is 11.3 Å². The van der Waals surface area contributed by atoms with Crippen LogP contribution in [-0.4, -0.2) is 94.6 Å². The first kappa shape index (κ1) is 41.7. The average Bonchev–Trinajstić information content (AvgIpc) is 3.82. The number of halogens is 2. The van der Waals surface area contributed by atoms with E-state index < -0.39 is 11.7 Å². The largest absolute Gasteiger partial charge is 0.461 e. The Bertz CT molecular complexity index is 2190. The number of likely N-dealkylation sites (N-methyl/N-ethyl adjacent to an activating group) is 1. The molecule has 0 saturated heterocycles. The van der Waals surface area contributed by atoms with Crippen LogP contribution in [0.3, 0.4) is 0 Å². The van der Waals surface area contributed by atoms with Crippen LogP contribution in [0.1, 0.15) is 33.7 Å². The molecule has 0 atom stereocenters. The number of carbonyl (C=O) groups is 2. The third-order valence-electron chi connectivity index (χ3n) is 9.47. The zero-order valence-electron chi connectivity index (χ0n) is 32.2. The van der Waals surface area contributed by atoms with E-state index in [1.807, 2.05) is 48.5 Å². The van der Waals surface area contributed by atoms with Gasteiger partial charge in [-0.15, -0.1) is 0 Å². The highest BCUT2D eigenvalue weighted by Crippen LogP contribution is 2.32. The van der Waals surface area contributed by atoms with Gasteiger partial charge < -0.3 is 38.6 Å². The summed E-state index contributed by atoms with van der Waals surface area (Å²) in [7, 11) is 1.63. The standard InChI is InChI=1S/C45H49ClFN3O7/c1-50(45(52)44(51)42-39-5-2-3-6-40(39)49-43(42)34-12-14-36(46)15-13-34)20-4-21-53-23-25-55-27-28-56-26-24-54-22-19-48-31-33-7-11-35-30-38(57-41(35)29-33)18-10-32-8-16-37(47)17-9-32/h2-3,5-9,11-17,29-30,48-49H,4,10,18-28,31H2,1H3. The van der Waals surface area contributed by atoms with Gasteiger partial charge in [0.2, 0.25) is 0 Å². The van der Waals surface area contributed by atoms with Crippen molar-refractivity contribution in [2.24, 2.45) is 0 Å². The first-order chi connectivity index (χ1) is 27.9. The quantitative estimate of drug-likeness (QED) is 0.0360. The molecule has 10 nitrogen and oxygen atoms in total. The summed E-state index contributed by atoms with van der Waals surface area (Å²) in [4.78, 5) is 31.4. The Morgan fingerprint density at radius 2 is 1.44 bits per heavy atom. The number of rotatable bonds is 24. The van der Waals surface area contributed by atoms with Gasteiger partial charge in [0, 0.05) is 61.0 Å². The number of fused-ring (bicyclic) bond motifs is 2. The summed E-state index contributed by atoms with van der Waals surface area (Å²) in [6, 6.07) is 29.5. The maximum absolute atomic E-state index is 13.5. The SMILES string of the molecule is CN(CCCOCCOCCOCCOCCNCc1ccc2cc(CCc3ccc(F)cc3)oc2c1)C(=O)C(=O)c1c(-c2ccc(Cl)cc2)[nH]c2ccccc12. The first-order valence-electron chi connectivity index (χ1n) is 19.3. The number of benzene rings is 4. The Kier molecular flexibility index (Phi) is 15.8. The maximum Gasteiger partial charge on any atom is 0.294 e. The number of aryl methyl sites for hydroxylation is 2. The van der Waals surface area contributed by atoms with Gasteiger partial charge in [0.1, 0.15) is 17.2 Å². The van der Waals surface area contributed by atoms with E-state index in [-0.39, 0.29) is 5.82 Å². The summed E-state index contributed by atoms with van der Waals surface area (Å²) in [5.41, 5.74) is 5.58. The molecule has 1 amide bonds. The number of Topliss-reactive ketones (excluding diaryl/α,β-unsaturated/α-hetero) is 1. The number of furan rings is 1. The summed E-state index contributed by atoms with van der Waals surface area (Å²) in [5.74, 6) is -0.447. The molecule has 0 saturated carbocycles. The summed E-state index contributed by atoms with van der Waals surface area (Å²) in [5, 5.41) is 5.76. The fourth-order valence-electron chi connectivity index (χ4n) is 6.42. The number of para-hydroxylation sites is 1. The Balaban J connectivity index is 0.755. The van der Waals surface area contributed by atoms with Crippen molar-refractivity contribution >= 4 is 45.2 Å². The molecule has 6 rings (SSSR count). The van der Waals surface area contributed by atoms with Crippen molar-refractivity contribution in [2.45, 2.75) is 25.8 Å². The van der Waals surface area contributed by atoms with Gasteiger partial charge in [-0.1, -0.05) is 66.2 Å². The Hall–Kier alpha value is -4.88. The number of nitrogens with one attached hydrogen (secondary N) is 2. The Labute approximate surface area is 337 Å². The molecule has 0 spiro atoms. The second-order valence-corrected chi connectivity index (χ2v) is 14.1. The minimum Gasteiger partial charge on any atom is -0.461 e. The van der Waals surface area contributed by atoms with Crippen LogP contribution in [0.15, 0.2) is 101 Å². The van der Waals surface area contributed by atoms with Crippen LogP contribution in [-0.2, 0) is 43.1 Å². The van der Waals surface area contributed by atoms with Crippen LogP contribution in [0, 0.1) is 5.82 Å². The predicted molar refractivity (Wildman–Crippen MR) is 220 cm³/mol. The third kappa shape index (κ3) is 12.3. The van der Waals surface area contributed by atoms with Crippen molar-refractivity contribution in [3.05, 3.63) is 130 Å². The summed E-state index contributed by atoms with van der Waals surface area (Å²) in [6.45, 7) is 5.54. The molecule has 57 heavy (non-hydrogen) atoms. The number of carbonyl (C=O) groups excluding carboxylic acids is 2. The minimum atomic E-state index is -0.577. The molecule has 0 radical (unpaired) electrons. The summed E-state index contributed by atoms with van der Waals surface area (Å²) in [6.07, 6.45) is 2.14. The van der Waals surface area contributed by atoms with E-state index in [0.29, 0.717) is 101 Å². The van der Waals surface area contributed by atoms with Crippen LogP contribution in [0.4, 0.5) is 4.39 Å². The molecule has 4 aromatic carbocycles. The van der Waals surface area contributed by atoms with Crippen molar-refractivity contribution in [1.82, 2.24) is 15.2 Å². The number of aromatic nitrogens is 1. The van der Waals surface area contributed by atoms with Crippen molar-refractivity contribution in [3.63, 3.8) is 0 Å². The topological polar surface area (TPSA) is 115 Å². The predicted octanol–water partition coefficient (Wildman–Crippen LogP) is 8.05. The highest BCUT2D eigenvalue weighted by Gasteiger charge is 2.27. The number of ketones is 1. The van der Waals surface area contributed by atoms with Crippen molar-refractivity contribution in [1.29, 1.82) is 0 Å². The van der Waals surface area contributed by atoms with E-state index in [9.17, 15) is 14.0 Å². The smallest absolute Gasteiger partial charge is 0.294 e. The molecule has 2 N–H and O–H groups in total. The fraction of sp³-hybridized carbons (Fsp3) is 0.333. The molecule has 0 aliphatic carbocycles. The van der Waals surface area contributed by atoms with Gasteiger partial charge in [-0.2, -0.15) is 0 Å². The second-order valence-electron chi connectivity index (χ2n) is 13.7. The van der Waals surface area contributed by atoms with Crippen LogP contribution >= 0.6 is 11.6 Å². The Morgan fingerprint density at radius 3 is 2.18 bits per heavy atom. The third-order valence-corrected chi connectivity index (χ3v) is 9.72. The molecule has 6 aromatic rings. The van der Waals surface area contributed by atoms with E-state index in [1.54, 1.807) is 19.2 Å². The number of H-pyrrole nitrogens is 1. The van der Waals surface area contributed by atoms with Gasteiger partial charge in [0.15, 0.2) is 0 Å². The molecule has 12 heteroatoms. The second kappa shape index (κ2) is 21.6. The molecule has 2 aromatic heterocycles. The highest BCUT2D eigenvalue weighted by atomic mass is 35.5. The number of ether oxygens (including phenoxy) is 4. The molecule has 0 aliphatic rings. The summed E-state index contributed by atoms with van der Waals surface area (Å²) < 4.78 is 41.7. The van der Waals surface area contributed by atoms with Gasteiger partial charge in [-0.3, -0.25) is 9.59 Å². The zero-order chi connectivity index (χ0) is 39.8. The van der Waals surface area contributed by atoms with Crippen LogP contribution in [0.2, 0.25) is 5.02 Å². The van der Waals surface area contributed by atoms with Gasteiger partial charge >= 0.3 is 0 Å². The van der Waals surface area contributed by atoms with Crippen molar-refractivity contribution in [2.75, 3.05) is 73.0 Å². The maximum atomic E-state index is 13.5. The molecule has 0 bridgehead atoms. The molecule has 0 fully saturated rings. The molecular weight excluding hydrogens is 749 g/mol. The van der Waals surface area contributed by atoms with Gasteiger partial charge in [-0.25, -0.2) is 4.39 Å². The summed E-state index contributed by atoms with van der Waals surface area (Å²) >= 11 is 6.08. The number of aromatic amines is 1. The van der Waals surface area contributed by atoms with E-state index in [4.69, 9.17) is 35.0 Å². The van der Waals surface area contributed by atoms with Crippen LogP contribution < -0.4 is 5.32 Å². The van der Waals surface area contributed by atoms with E-state index in [0.717, 1.165) is 51.8 Å². The van der Waals surface area contributed by atoms with Crippen LogP contribution in [0.25, 0.3) is 33.1 Å². The average molecular weight is 798 g/mol. The lowest BCUT2D eigenvalue weighted by Crippen LogP contribution is -2.34. The highest BCUT2D eigenvalue weighted by molar-refractivity contribution is 6.46. The monoisotopic (exact) mass is 797 g/mol.